The Labute approximate surface area is 110 Å². The molecule has 0 aliphatic rings. The van der Waals surface area contributed by atoms with Gasteiger partial charge < -0.3 is 9.84 Å². The monoisotopic (exact) mass is 287 g/mol. The number of benzene rings is 1. The Morgan fingerprint density at radius 1 is 1.35 bits per heavy atom. The second kappa shape index (κ2) is 5.19. The predicted molar refractivity (Wildman–Crippen MR) is 61.9 cm³/mol. The number of nitro groups is 1. The Hall–Kier alpha value is -2.58. The number of nitro benzene ring substituents is 1. The molecule has 20 heavy (non-hydrogen) atoms. The highest BCUT2D eigenvalue weighted by Gasteiger charge is 2.33. The molecule has 0 amide bonds. The molecule has 2 aromatic rings. The van der Waals surface area contributed by atoms with E-state index in [9.17, 15) is 23.3 Å². The lowest BCUT2D eigenvalue weighted by molar-refractivity contribution is -0.384. The van der Waals surface area contributed by atoms with Crippen LogP contribution < -0.4 is 5.32 Å². The van der Waals surface area contributed by atoms with Crippen molar-refractivity contribution < 1.29 is 22.6 Å². The van der Waals surface area contributed by atoms with Gasteiger partial charge in [0, 0.05) is 12.1 Å². The number of nitrogens with zero attached hydrogens (tertiary/aromatic N) is 2. The lowest BCUT2D eigenvalue weighted by atomic mass is 10.1. The van der Waals surface area contributed by atoms with Gasteiger partial charge in [-0.25, -0.2) is 0 Å². The number of aromatic nitrogens is 1. The number of nitrogens with one attached hydrogen (secondary N) is 1. The first-order valence-electron chi connectivity index (χ1n) is 5.36. The average molecular weight is 287 g/mol. The molecule has 0 atom stereocenters. The predicted octanol–water partition coefficient (Wildman–Crippen LogP) is 3.21. The topological polar surface area (TPSA) is 81.2 Å². The molecule has 0 aliphatic heterocycles. The fraction of sp³-hybridized carbons (Fsp3) is 0.182. The van der Waals surface area contributed by atoms with Gasteiger partial charge in [0.2, 0.25) is 0 Å². The first-order chi connectivity index (χ1) is 9.38. The number of hydrogen-bond donors (Lipinski definition) is 1. The summed E-state index contributed by atoms with van der Waals surface area (Å²) in [6.45, 7) is 0.0999. The first kappa shape index (κ1) is 13.8. The van der Waals surface area contributed by atoms with E-state index >= 15 is 0 Å². The summed E-state index contributed by atoms with van der Waals surface area (Å²) in [5, 5.41) is 17.0. The fourth-order valence-electron chi connectivity index (χ4n) is 1.52. The van der Waals surface area contributed by atoms with Crippen molar-refractivity contribution in [2.75, 3.05) is 5.32 Å². The fourth-order valence-corrected chi connectivity index (χ4v) is 1.52. The molecule has 1 N–H and O–H groups in total. The molecule has 1 aromatic heterocycles. The van der Waals surface area contributed by atoms with Crippen molar-refractivity contribution in [2.45, 2.75) is 12.7 Å². The number of halogens is 3. The third kappa shape index (κ3) is 3.05. The second-order valence-electron chi connectivity index (χ2n) is 3.83. The normalized spacial score (nSPS) is 11.3. The molecule has 0 spiro atoms. The van der Waals surface area contributed by atoms with E-state index in [4.69, 9.17) is 0 Å². The average Bonchev–Trinajstić information content (AvgIpc) is 2.88. The van der Waals surface area contributed by atoms with Gasteiger partial charge in [-0.3, -0.25) is 10.1 Å². The van der Waals surface area contributed by atoms with Crippen LogP contribution in [-0.2, 0) is 12.7 Å². The van der Waals surface area contributed by atoms with Crippen molar-refractivity contribution in [1.82, 2.24) is 5.16 Å². The van der Waals surface area contributed by atoms with Gasteiger partial charge in [-0.2, -0.15) is 13.2 Å². The van der Waals surface area contributed by atoms with Gasteiger partial charge in [-0.05, 0) is 12.1 Å². The Morgan fingerprint density at radius 2 is 2.10 bits per heavy atom. The van der Waals surface area contributed by atoms with E-state index in [-0.39, 0.29) is 12.2 Å². The zero-order chi connectivity index (χ0) is 14.8. The molecule has 9 heteroatoms. The van der Waals surface area contributed by atoms with Crippen molar-refractivity contribution in [1.29, 1.82) is 0 Å². The molecule has 0 saturated carbocycles. The Kier molecular flexibility index (Phi) is 3.59. The minimum absolute atomic E-state index is 0.0222. The number of anilines is 1. The maximum Gasteiger partial charge on any atom is 0.416 e. The van der Waals surface area contributed by atoms with Gasteiger partial charge >= 0.3 is 6.18 Å². The molecule has 106 valence electrons. The van der Waals surface area contributed by atoms with E-state index in [0.717, 1.165) is 12.1 Å². The zero-order valence-corrected chi connectivity index (χ0v) is 9.85. The van der Waals surface area contributed by atoms with Crippen LogP contribution in [0, 0.1) is 10.1 Å². The summed E-state index contributed by atoms with van der Waals surface area (Å²) in [5.41, 5.74) is -1.27. The van der Waals surface area contributed by atoms with E-state index in [0.29, 0.717) is 11.8 Å². The van der Waals surface area contributed by atoms with Gasteiger partial charge in [0.1, 0.15) is 17.6 Å². The SMILES string of the molecule is O=[N+]([O-])c1cc(C(F)(F)F)ccc1NCc1ccon1. The number of alkyl halides is 3. The Balaban J connectivity index is 2.26. The van der Waals surface area contributed by atoms with Crippen LogP contribution in [0.1, 0.15) is 11.3 Å². The van der Waals surface area contributed by atoms with Crippen LogP contribution in [0.3, 0.4) is 0 Å². The molecule has 2 rings (SSSR count). The van der Waals surface area contributed by atoms with Crippen molar-refractivity contribution >= 4 is 11.4 Å². The van der Waals surface area contributed by atoms with Gasteiger partial charge in [0.05, 0.1) is 17.0 Å². The van der Waals surface area contributed by atoms with Crippen molar-refractivity contribution in [3.63, 3.8) is 0 Å². The molecule has 6 nitrogen and oxygen atoms in total. The minimum atomic E-state index is -4.63. The minimum Gasteiger partial charge on any atom is -0.374 e. The molecule has 0 fully saturated rings. The molecule has 1 aromatic carbocycles. The molecular formula is C11H8F3N3O3. The summed E-state index contributed by atoms with van der Waals surface area (Å²) in [6.07, 6.45) is -3.31. The van der Waals surface area contributed by atoms with Gasteiger partial charge in [-0.15, -0.1) is 0 Å². The van der Waals surface area contributed by atoms with Crippen molar-refractivity contribution in [3.8, 4) is 0 Å². The van der Waals surface area contributed by atoms with Crippen LogP contribution in [0.25, 0.3) is 0 Å². The summed E-state index contributed by atoms with van der Waals surface area (Å²) in [4.78, 5) is 9.95. The van der Waals surface area contributed by atoms with Gasteiger partial charge in [0.25, 0.3) is 5.69 Å². The molecule has 0 aliphatic carbocycles. The summed E-state index contributed by atoms with van der Waals surface area (Å²) < 4.78 is 42.1. The summed E-state index contributed by atoms with van der Waals surface area (Å²) in [7, 11) is 0. The van der Waals surface area contributed by atoms with Crippen molar-refractivity contribution in [3.05, 3.63) is 51.9 Å². The smallest absolute Gasteiger partial charge is 0.374 e. The van der Waals surface area contributed by atoms with Crippen LogP contribution >= 0.6 is 0 Å². The lowest BCUT2D eigenvalue weighted by Crippen LogP contribution is -2.08. The molecular weight excluding hydrogens is 279 g/mol. The Morgan fingerprint density at radius 3 is 2.65 bits per heavy atom. The van der Waals surface area contributed by atoms with E-state index in [2.05, 4.69) is 15.0 Å². The van der Waals surface area contributed by atoms with E-state index in [1.807, 2.05) is 0 Å². The van der Waals surface area contributed by atoms with Crippen LogP contribution in [0.5, 0.6) is 0 Å². The molecule has 1 heterocycles. The Bertz CT molecular complexity index is 611. The van der Waals surface area contributed by atoms with Crippen LogP contribution in [0.15, 0.2) is 35.1 Å². The highest BCUT2D eigenvalue weighted by molar-refractivity contribution is 5.62. The quantitative estimate of drug-likeness (QED) is 0.689. The van der Waals surface area contributed by atoms with E-state index < -0.39 is 22.4 Å². The summed E-state index contributed by atoms with van der Waals surface area (Å²) in [5.74, 6) is 0. The van der Waals surface area contributed by atoms with Crippen LogP contribution in [-0.4, -0.2) is 10.1 Å². The molecule has 0 bridgehead atoms. The largest absolute Gasteiger partial charge is 0.416 e. The van der Waals surface area contributed by atoms with Gasteiger partial charge in [-0.1, -0.05) is 5.16 Å². The lowest BCUT2D eigenvalue weighted by Gasteiger charge is -2.09. The highest BCUT2D eigenvalue weighted by atomic mass is 19.4. The maximum absolute atomic E-state index is 12.5. The summed E-state index contributed by atoms with van der Waals surface area (Å²) >= 11 is 0. The molecule has 0 saturated heterocycles. The summed E-state index contributed by atoms with van der Waals surface area (Å²) in [6, 6.07) is 3.81. The first-order valence-corrected chi connectivity index (χ1v) is 5.36. The third-order valence-corrected chi connectivity index (χ3v) is 2.47. The third-order valence-electron chi connectivity index (χ3n) is 2.47. The van der Waals surface area contributed by atoms with E-state index in [1.54, 1.807) is 0 Å². The number of rotatable bonds is 4. The standard InChI is InChI=1S/C11H8F3N3O3/c12-11(13,14)7-1-2-9(10(5-7)17(18)19)15-6-8-3-4-20-16-8/h1-5,15H,6H2. The van der Waals surface area contributed by atoms with E-state index in [1.165, 1.54) is 12.3 Å². The second-order valence-corrected chi connectivity index (χ2v) is 3.83. The zero-order valence-electron chi connectivity index (χ0n) is 9.85. The molecule has 0 unspecified atom stereocenters. The van der Waals surface area contributed by atoms with Crippen molar-refractivity contribution in [2.24, 2.45) is 0 Å². The highest BCUT2D eigenvalue weighted by Crippen LogP contribution is 2.35. The van der Waals surface area contributed by atoms with Gasteiger partial charge in [0.15, 0.2) is 0 Å². The van der Waals surface area contributed by atoms with Crippen LogP contribution in [0.4, 0.5) is 24.5 Å². The number of hydrogen-bond acceptors (Lipinski definition) is 5. The molecule has 0 radical (unpaired) electrons. The van der Waals surface area contributed by atoms with Crippen LogP contribution in [0.2, 0.25) is 0 Å². The maximum atomic E-state index is 12.5.